The zero-order valence-electron chi connectivity index (χ0n) is 17.0. The maximum atomic E-state index is 12.2. The first-order valence-electron chi connectivity index (χ1n) is 9.74. The molecule has 5 nitrogen and oxygen atoms in total. The number of halogens is 2. The van der Waals surface area contributed by atoms with Gasteiger partial charge in [-0.2, -0.15) is 5.10 Å². The highest BCUT2D eigenvalue weighted by Crippen LogP contribution is 2.24. The van der Waals surface area contributed by atoms with Crippen LogP contribution in [0.2, 0.25) is 10.0 Å². The molecule has 0 aliphatic heterocycles. The minimum absolute atomic E-state index is 0.204. The van der Waals surface area contributed by atoms with E-state index >= 15 is 0 Å². The van der Waals surface area contributed by atoms with Gasteiger partial charge < -0.3 is 9.47 Å². The number of amides is 1. The van der Waals surface area contributed by atoms with Crippen LogP contribution in [-0.2, 0) is 17.8 Å². The summed E-state index contributed by atoms with van der Waals surface area (Å²) in [5.74, 6) is 1.12. The number of carbonyl (C=O) groups excluding carboxylic acids is 1. The quantitative estimate of drug-likeness (QED) is 0.333. The van der Waals surface area contributed by atoms with Gasteiger partial charge in [0.15, 0.2) is 0 Å². The Morgan fingerprint density at radius 1 is 1.03 bits per heavy atom. The molecule has 0 aliphatic carbocycles. The average molecular weight is 457 g/mol. The molecular weight excluding hydrogens is 435 g/mol. The van der Waals surface area contributed by atoms with Crippen LogP contribution < -0.4 is 14.9 Å². The van der Waals surface area contributed by atoms with Gasteiger partial charge in [-0.05, 0) is 48.9 Å². The van der Waals surface area contributed by atoms with Crippen molar-refractivity contribution >= 4 is 35.3 Å². The summed E-state index contributed by atoms with van der Waals surface area (Å²) >= 11 is 12.3. The molecule has 31 heavy (non-hydrogen) atoms. The number of nitrogens with zero attached hydrogens (tertiary/aromatic N) is 1. The molecule has 1 amide bonds. The Hall–Kier alpha value is -3.02. The summed E-state index contributed by atoms with van der Waals surface area (Å²) in [5.41, 5.74) is 4.90. The predicted octanol–water partition coefficient (Wildman–Crippen LogP) is 5.66. The highest BCUT2D eigenvalue weighted by Gasteiger charge is 2.07. The monoisotopic (exact) mass is 456 g/mol. The molecular formula is C24H22Cl2N2O3. The summed E-state index contributed by atoms with van der Waals surface area (Å²) in [7, 11) is 0. The number of rotatable bonds is 9. The van der Waals surface area contributed by atoms with E-state index in [1.165, 1.54) is 6.21 Å². The number of nitrogens with one attached hydrogen (secondary N) is 1. The molecule has 0 aromatic heterocycles. The highest BCUT2D eigenvalue weighted by molar-refractivity contribution is 6.31. The zero-order valence-corrected chi connectivity index (χ0v) is 18.5. The van der Waals surface area contributed by atoms with Crippen LogP contribution in [0.5, 0.6) is 11.5 Å². The lowest BCUT2D eigenvalue weighted by Crippen LogP contribution is -2.19. The second-order valence-corrected chi connectivity index (χ2v) is 7.45. The Morgan fingerprint density at radius 2 is 1.81 bits per heavy atom. The van der Waals surface area contributed by atoms with E-state index in [1.54, 1.807) is 18.2 Å². The Labute approximate surface area is 191 Å². The number of hydrogen-bond donors (Lipinski definition) is 1. The van der Waals surface area contributed by atoms with Gasteiger partial charge in [-0.3, -0.25) is 4.79 Å². The van der Waals surface area contributed by atoms with Crippen molar-refractivity contribution in [3.05, 3.63) is 93.5 Å². The average Bonchev–Trinajstić information content (AvgIpc) is 2.76. The van der Waals surface area contributed by atoms with Gasteiger partial charge in [0.25, 0.3) is 0 Å². The number of benzene rings is 3. The summed E-state index contributed by atoms with van der Waals surface area (Å²) in [5, 5.41) is 5.21. The first-order valence-corrected chi connectivity index (χ1v) is 10.5. The van der Waals surface area contributed by atoms with Crippen molar-refractivity contribution in [2.45, 2.75) is 20.0 Å². The van der Waals surface area contributed by atoms with E-state index in [0.717, 1.165) is 16.9 Å². The van der Waals surface area contributed by atoms with Gasteiger partial charge in [0.1, 0.15) is 18.1 Å². The third-order valence-corrected chi connectivity index (χ3v) is 4.91. The van der Waals surface area contributed by atoms with Gasteiger partial charge in [0.05, 0.1) is 19.2 Å². The Balaban J connectivity index is 1.60. The lowest BCUT2D eigenvalue weighted by Gasteiger charge is -2.10. The Kier molecular flexibility index (Phi) is 8.33. The predicted molar refractivity (Wildman–Crippen MR) is 124 cm³/mol. The summed E-state index contributed by atoms with van der Waals surface area (Å²) in [6.07, 6.45) is 1.71. The van der Waals surface area contributed by atoms with E-state index in [4.69, 9.17) is 32.7 Å². The zero-order chi connectivity index (χ0) is 22.1. The molecule has 0 unspecified atom stereocenters. The third-order valence-electron chi connectivity index (χ3n) is 4.30. The summed E-state index contributed by atoms with van der Waals surface area (Å²) < 4.78 is 11.3. The normalized spacial score (nSPS) is 10.8. The molecule has 0 saturated heterocycles. The first-order chi connectivity index (χ1) is 15.0. The van der Waals surface area contributed by atoms with E-state index in [9.17, 15) is 4.79 Å². The molecule has 3 rings (SSSR count). The second kappa shape index (κ2) is 11.4. The molecule has 160 valence electrons. The van der Waals surface area contributed by atoms with E-state index in [0.29, 0.717) is 34.6 Å². The van der Waals surface area contributed by atoms with Crippen LogP contribution >= 0.6 is 23.2 Å². The molecule has 1 N–H and O–H groups in total. The molecule has 0 aliphatic rings. The second-order valence-electron chi connectivity index (χ2n) is 6.61. The number of ether oxygens (including phenoxy) is 2. The van der Waals surface area contributed by atoms with Gasteiger partial charge in [-0.1, -0.05) is 53.5 Å². The van der Waals surface area contributed by atoms with Gasteiger partial charge >= 0.3 is 0 Å². The minimum atomic E-state index is -0.235. The molecule has 7 heteroatoms. The third kappa shape index (κ3) is 7.02. The first kappa shape index (κ1) is 22.7. The van der Waals surface area contributed by atoms with Crippen LogP contribution in [0, 0.1) is 0 Å². The smallest absolute Gasteiger partial charge is 0.244 e. The fourth-order valence-corrected chi connectivity index (χ4v) is 3.16. The standard InChI is InChI=1S/C24H22Cl2N2O3/c1-2-30-21-10-7-17(8-11-21)13-24(29)28-27-15-19-14-20(25)9-12-23(19)31-16-18-5-3-4-6-22(18)26/h3-12,14-15H,2,13,16H2,1H3,(H,28,29)/b27-15-. The molecule has 0 fully saturated rings. The van der Waals surface area contributed by atoms with Crippen LogP contribution in [0.1, 0.15) is 23.6 Å². The maximum absolute atomic E-state index is 12.2. The molecule has 0 heterocycles. The number of carbonyl (C=O) groups is 1. The van der Waals surface area contributed by atoms with Gasteiger partial charge in [0, 0.05) is 21.2 Å². The van der Waals surface area contributed by atoms with Gasteiger partial charge in [-0.15, -0.1) is 0 Å². The Bertz CT molecular complexity index is 1050. The van der Waals surface area contributed by atoms with Crippen molar-refractivity contribution in [3.8, 4) is 11.5 Å². The highest BCUT2D eigenvalue weighted by atomic mass is 35.5. The number of hydrogen-bond acceptors (Lipinski definition) is 4. The van der Waals surface area contributed by atoms with Crippen LogP contribution in [-0.4, -0.2) is 18.7 Å². The van der Waals surface area contributed by atoms with Crippen molar-refractivity contribution in [1.29, 1.82) is 0 Å². The van der Waals surface area contributed by atoms with Crippen LogP contribution in [0.3, 0.4) is 0 Å². The van der Waals surface area contributed by atoms with E-state index in [1.807, 2.05) is 55.5 Å². The van der Waals surface area contributed by atoms with Gasteiger partial charge in [-0.25, -0.2) is 5.43 Å². The topological polar surface area (TPSA) is 59.9 Å². The minimum Gasteiger partial charge on any atom is -0.494 e. The molecule has 3 aromatic rings. The van der Waals surface area contributed by atoms with Crippen LogP contribution in [0.25, 0.3) is 0 Å². The molecule has 0 spiro atoms. The van der Waals surface area contributed by atoms with Crippen molar-refractivity contribution in [2.24, 2.45) is 5.10 Å². The van der Waals surface area contributed by atoms with Crippen LogP contribution in [0.15, 0.2) is 71.8 Å². The van der Waals surface area contributed by atoms with Crippen molar-refractivity contribution in [3.63, 3.8) is 0 Å². The maximum Gasteiger partial charge on any atom is 0.244 e. The molecule has 0 atom stereocenters. The SMILES string of the molecule is CCOc1ccc(CC(=O)N/N=C\c2cc(Cl)ccc2OCc2ccccc2Cl)cc1. The fraction of sp³-hybridized carbons (Fsp3) is 0.167. The van der Waals surface area contributed by atoms with Gasteiger partial charge in [0.2, 0.25) is 5.91 Å². The largest absolute Gasteiger partial charge is 0.494 e. The fourth-order valence-electron chi connectivity index (χ4n) is 2.79. The molecule has 0 radical (unpaired) electrons. The van der Waals surface area contributed by atoms with Crippen molar-refractivity contribution < 1.29 is 14.3 Å². The summed E-state index contributed by atoms with van der Waals surface area (Å²) in [6.45, 7) is 2.82. The van der Waals surface area contributed by atoms with E-state index in [-0.39, 0.29) is 12.3 Å². The Morgan fingerprint density at radius 3 is 2.55 bits per heavy atom. The van der Waals surface area contributed by atoms with E-state index < -0.39 is 0 Å². The molecule has 0 bridgehead atoms. The van der Waals surface area contributed by atoms with Crippen LogP contribution in [0.4, 0.5) is 0 Å². The lowest BCUT2D eigenvalue weighted by atomic mass is 10.1. The molecule has 3 aromatic carbocycles. The van der Waals surface area contributed by atoms with E-state index in [2.05, 4.69) is 10.5 Å². The lowest BCUT2D eigenvalue weighted by molar-refractivity contribution is -0.120. The number of hydrazone groups is 1. The summed E-state index contributed by atoms with van der Waals surface area (Å²) in [4.78, 5) is 12.2. The molecule has 0 saturated carbocycles. The van der Waals surface area contributed by atoms with Crippen molar-refractivity contribution in [1.82, 2.24) is 5.43 Å². The summed E-state index contributed by atoms with van der Waals surface area (Å²) in [6, 6.07) is 20.0. The van der Waals surface area contributed by atoms with Crippen molar-refractivity contribution in [2.75, 3.05) is 6.61 Å².